The lowest BCUT2D eigenvalue weighted by atomic mass is 10.1. The van der Waals surface area contributed by atoms with Crippen LogP contribution in [0.4, 0.5) is 5.95 Å². The van der Waals surface area contributed by atoms with Crippen LogP contribution in [0.25, 0.3) is 0 Å². The number of rotatable bonds is 5. The van der Waals surface area contributed by atoms with Gasteiger partial charge in [-0.15, -0.1) is 0 Å². The first kappa shape index (κ1) is 14.4. The second kappa shape index (κ2) is 6.33. The number of anilines is 1. The van der Waals surface area contributed by atoms with Gasteiger partial charge in [0.1, 0.15) is 6.54 Å². The Bertz CT molecular complexity index is 419. The lowest BCUT2D eigenvalue weighted by Crippen LogP contribution is -2.29. The van der Waals surface area contributed by atoms with Gasteiger partial charge < -0.3 is 9.64 Å². The molecule has 0 saturated heterocycles. The number of aryl methyl sites for hydroxylation is 1. The fourth-order valence-corrected chi connectivity index (χ4v) is 1.51. The van der Waals surface area contributed by atoms with Gasteiger partial charge in [-0.25, -0.2) is 9.97 Å². The molecule has 5 heteroatoms. The Labute approximate surface area is 108 Å². The number of hydrogen-bond donors (Lipinski definition) is 0. The lowest BCUT2D eigenvalue weighted by Gasteiger charge is -2.18. The molecule has 1 aromatic heterocycles. The maximum atomic E-state index is 11.4. The van der Waals surface area contributed by atoms with Crippen molar-refractivity contribution < 1.29 is 9.53 Å². The van der Waals surface area contributed by atoms with Crippen molar-refractivity contribution in [2.24, 2.45) is 0 Å². The Morgan fingerprint density at radius 1 is 1.44 bits per heavy atom. The van der Waals surface area contributed by atoms with Crippen molar-refractivity contribution in [1.29, 1.82) is 0 Å². The molecule has 1 aromatic rings. The van der Waals surface area contributed by atoms with E-state index in [-0.39, 0.29) is 12.5 Å². The molecule has 0 radical (unpaired) electrons. The molecule has 0 atom stereocenters. The minimum absolute atomic E-state index is 0.162. The van der Waals surface area contributed by atoms with Crippen molar-refractivity contribution in [1.82, 2.24) is 9.97 Å². The van der Waals surface area contributed by atoms with E-state index < -0.39 is 0 Å². The van der Waals surface area contributed by atoms with E-state index in [1.165, 1.54) is 0 Å². The van der Waals surface area contributed by atoms with Crippen molar-refractivity contribution >= 4 is 11.9 Å². The van der Waals surface area contributed by atoms with E-state index in [0.29, 0.717) is 18.5 Å². The summed E-state index contributed by atoms with van der Waals surface area (Å²) in [6.45, 7) is 8.43. The zero-order chi connectivity index (χ0) is 13.7. The Morgan fingerprint density at radius 3 is 2.67 bits per heavy atom. The minimum Gasteiger partial charge on any atom is -0.465 e. The molecule has 0 aromatic carbocycles. The first-order chi connectivity index (χ1) is 8.43. The highest BCUT2D eigenvalue weighted by molar-refractivity contribution is 5.74. The largest absolute Gasteiger partial charge is 0.465 e. The smallest absolute Gasteiger partial charge is 0.325 e. The Hall–Kier alpha value is -1.65. The summed E-state index contributed by atoms with van der Waals surface area (Å²) in [5.41, 5.74) is 1.88. The average Bonchev–Trinajstić information content (AvgIpc) is 2.28. The Kier molecular flexibility index (Phi) is 5.07. The predicted molar refractivity (Wildman–Crippen MR) is 70.8 cm³/mol. The molecular weight excluding hydrogens is 230 g/mol. The molecule has 0 aliphatic rings. The summed E-state index contributed by atoms with van der Waals surface area (Å²) < 4.78 is 4.91. The fourth-order valence-electron chi connectivity index (χ4n) is 1.51. The second-order valence-electron chi connectivity index (χ2n) is 4.55. The Morgan fingerprint density at radius 2 is 2.11 bits per heavy atom. The number of carbonyl (C=O) groups excluding carboxylic acids is 1. The van der Waals surface area contributed by atoms with Crippen LogP contribution in [-0.2, 0) is 9.53 Å². The third kappa shape index (κ3) is 3.98. The van der Waals surface area contributed by atoms with Crippen LogP contribution in [0, 0.1) is 6.92 Å². The molecule has 0 fully saturated rings. The van der Waals surface area contributed by atoms with Crippen LogP contribution < -0.4 is 4.90 Å². The third-order valence-corrected chi connectivity index (χ3v) is 2.47. The van der Waals surface area contributed by atoms with Gasteiger partial charge in [-0.2, -0.15) is 0 Å². The fraction of sp³-hybridized carbons (Fsp3) is 0.615. The van der Waals surface area contributed by atoms with Gasteiger partial charge in [0.05, 0.1) is 6.61 Å². The molecule has 0 amide bonds. The average molecular weight is 251 g/mol. The molecule has 0 unspecified atom stereocenters. The standard InChI is InChI=1S/C13H21N3O2/c1-6-18-12(17)8-16(5)13-14-10(4)7-11(15-13)9(2)3/h7,9H,6,8H2,1-5H3. The molecule has 1 heterocycles. The van der Waals surface area contributed by atoms with Gasteiger partial charge in [0, 0.05) is 18.4 Å². The summed E-state index contributed by atoms with van der Waals surface area (Å²) in [5, 5.41) is 0. The zero-order valence-electron chi connectivity index (χ0n) is 11.7. The van der Waals surface area contributed by atoms with Crippen LogP contribution in [0.3, 0.4) is 0 Å². The lowest BCUT2D eigenvalue weighted by molar-refractivity contribution is -0.141. The highest BCUT2D eigenvalue weighted by Crippen LogP contribution is 2.16. The summed E-state index contributed by atoms with van der Waals surface area (Å²) in [7, 11) is 1.79. The molecule has 1 rings (SSSR count). The van der Waals surface area contributed by atoms with E-state index in [4.69, 9.17) is 4.74 Å². The van der Waals surface area contributed by atoms with E-state index in [2.05, 4.69) is 23.8 Å². The topological polar surface area (TPSA) is 55.3 Å². The van der Waals surface area contributed by atoms with E-state index in [1.807, 2.05) is 13.0 Å². The number of carbonyl (C=O) groups is 1. The first-order valence-corrected chi connectivity index (χ1v) is 6.16. The van der Waals surface area contributed by atoms with Crippen molar-refractivity contribution in [3.63, 3.8) is 0 Å². The van der Waals surface area contributed by atoms with E-state index >= 15 is 0 Å². The Balaban J connectivity index is 2.85. The quantitative estimate of drug-likeness (QED) is 0.748. The normalized spacial score (nSPS) is 10.6. The van der Waals surface area contributed by atoms with Crippen molar-refractivity contribution in [3.05, 3.63) is 17.5 Å². The van der Waals surface area contributed by atoms with Crippen LogP contribution in [0.2, 0.25) is 0 Å². The van der Waals surface area contributed by atoms with Crippen molar-refractivity contribution in [3.8, 4) is 0 Å². The number of likely N-dealkylation sites (N-methyl/N-ethyl adjacent to an activating group) is 1. The van der Waals surface area contributed by atoms with E-state index in [9.17, 15) is 4.79 Å². The molecule has 0 bridgehead atoms. The summed E-state index contributed by atoms with van der Waals surface area (Å²) >= 11 is 0. The molecule has 0 saturated carbocycles. The molecule has 100 valence electrons. The van der Waals surface area contributed by atoms with Gasteiger partial charge in [0.2, 0.25) is 5.95 Å². The highest BCUT2D eigenvalue weighted by Gasteiger charge is 2.13. The maximum Gasteiger partial charge on any atom is 0.325 e. The van der Waals surface area contributed by atoms with Crippen LogP contribution in [0.15, 0.2) is 6.07 Å². The second-order valence-corrected chi connectivity index (χ2v) is 4.55. The summed E-state index contributed by atoms with van der Waals surface area (Å²) in [4.78, 5) is 21.9. The number of aromatic nitrogens is 2. The molecule has 0 aliphatic heterocycles. The van der Waals surface area contributed by atoms with Gasteiger partial charge in [0.15, 0.2) is 0 Å². The van der Waals surface area contributed by atoms with Crippen LogP contribution in [-0.4, -0.2) is 36.1 Å². The monoisotopic (exact) mass is 251 g/mol. The summed E-state index contributed by atoms with van der Waals surface area (Å²) in [5.74, 6) is 0.629. The molecule has 18 heavy (non-hydrogen) atoms. The van der Waals surface area contributed by atoms with Gasteiger partial charge in [-0.1, -0.05) is 13.8 Å². The third-order valence-electron chi connectivity index (χ3n) is 2.47. The highest BCUT2D eigenvalue weighted by atomic mass is 16.5. The molecular formula is C13H21N3O2. The van der Waals surface area contributed by atoms with Gasteiger partial charge >= 0.3 is 5.97 Å². The summed E-state index contributed by atoms with van der Waals surface area (Å²) in [6.07, 6.45) is 0. The molecule has 0 aliphatic carbocycles. The number of nitrogens with zero attached hydrogens (tertiary/aromatic N) is 3. The predicted octanol–water partition coefficient (Wildman–Crippen LogP) is 1.91. The molecule has 5 nitrogen and oxygen atoms in total. The molecule has 0 spiro atoms. The first-order valence-electron chi connectivity index (χ1n) is 6.16. The van der Waals surface area contributed by atoms with Gasteiger partial charge in [0.25, 0.3) is 0 Å². The summed E-state index contributed by atoms with van der Waals surface area (Å²) in [6, 6.07) is 1.96. The zero-order valence-corrected chi connectivity index (χ0v) is 11.7. The van der Waals surface area contributed by atoms with Gasteiger partial charge in [-0.05, 0) is 25.8 Å². The number of esters is 1. The van der Waals surface area contributed by atoms with Crippen LogP contribution in [0.5, 0.6) is 0 Å². The van der Waals surface area contributed by atoms with Crippen molar-refractivity contribution in [2.45, 2.75) is 33.6 Å². The number of hydrogen-bond acceptors (Lipinski definition) is 5. The minimum atomic E-state index is -0.267. The van der Waals surface area contributed by atoms with Gasteiger partial charge in [-0.3, -0.25) is 4.79 Å². The van der Waals surface area contributed by atoms with E-state index in [0.717, 1.165) is 11.4 Å². The maximum absolute atomic E-state index is 11.4. The van der Waals surface area contributed by atoms with Crippen LogP contribution >= 0.6 is 0 Å². The van der Waals surface area contributed by atoms with Crippen LogP contribution in [0.1, 0.15) is 38.1 Å². The van der Waals surface area contributed by atoms with E-state index in [1.54, 1.807) is 18.9 Å². The van der Waals surface area contributed by atoms with Crippen molar-refractivity contribution in [2.75, 3.05) is 25.1 Å². The SMILES string of the molecule is CCOC(=O)CN(C)c1nc(C)cc(C(C)C)n1. The number of ether oxygens (including phenoxy) is 1. The molecule has 0 N–H and O–H groups in total.